The van der Waals surface area contributed by atoms with Crippen molar-refractivity contribution in [3.8, 4) is 22.6 Å². The molecule has 0 spiro atoms. The predicted molar refractivity (Wildman–Crippen MR) is 89.1 cm³/mol. The minimum absolute atomic E-state index is 0. The molecule has 1 heterocycles. The molecule has 5 heteroatoms. The molecule has 0 aliphatic carbocycles. The largest absolute Gasteiger partial charge is 2.00 e. The summed E-state index contributed by atoms with van der Waals surface area (Å²) >= 11 is 0. The molecule has 3 aromatic rings. The fourth-order valence-corrected chi connectivity index (χ4v) is 2.26. The Bertz CT molecular complexity index is 712. The second-order valence-electron chi connectivity index (χ2n) is 4.91. The predicted octanol–water partition coefficient (Wildman–Crippen LogP) is 3.65. The van der Waals surface area contributed by atoms with E-state index in [4.69, 9.17) is 9.52 Å². The summed E-state index contributed by atoms with van der Waals surface area (Å²) in [4.78, 5) is 15.2. The molecule has 3 rings (SSSR count). The number of carboxylic acid groups (broad SMARTS) is 1. The summed E-state index contributed by atoms with van der Waals surface area (Å²) in [6, 6.07) is 19.5. The number of benzene rings is 2. The Labute approximate surface area is 164 Å². The van der Waals surface area contributed by atoms with E-state index in [0.29, 0.717) is 11.7 Å². The fraction of sp³-hybridized carbons (Fsp3) is 0.111. The molecule has 0 saturated heterocycles. The van der Waals surface area contributed by atoms with Gasteiger partial charge in [-0.1, -0.05) is 60.7 Å². The summed E-state index contributed by atoms with van der Waals surface area (Å²) in [6.45, 7) is 0. The van der Waals surface area contributed by atoms with Crippen LogP contribution in [-0.4, -0.2) is 53.8 Å². The van der Waals surface area contributed by atoms with Gasteiger partial charge in [0.2, 0.25) is 0 Å². The number of aromatic nitrogens is 1. The topological polar surface area (TPSA) is 63.3 Å². The Morgan fingerprint density at radius 3 is 2.09 bits per heavy atom. The van der Waals surface area contributed by atoms with Gasteiger partial charge in [0, 0.05) is 17.5 Å². The Hall–Kier alpha value is -1.62. The molecule has 4 nitrogen and oxygen atoms in total. The maximum Gasteiger partial charge on any atom is 2.00 e. The third kappa shape index (κ3) is 4.44. The maximum atomic E-state index is 10.7. The van der Waals surface area contributed by atoms with Crippen molar-refractivity contribution in [1.29, 1.82) is 0 Å². The van der Waals surface area contributed by atoms with Crippen LogP contribution in [0, 0.1) is 0 Å². The van der Waals surface area contributed by atoms with Crippen molar-refractivity contribution >= 4 is 43.7 Å². The van der Waals surface area contributed by atoms with E-state index in [-0.39, 0.29) is 50.6 Å². The van der Waals surface area contributed by atoms with E-state index in [2.05, 4.69) is 4.98 Å². The van der Waals surface area contributed by atoms with Crippen molar-refractivity contribution in [2.24, 2.45) is 0 Å². The van der Waals surface area contributed by atoms with Gasteiger partial charge in [0.05, 0.1) is 6.42 Å². The Kier molecular flexibility index (Phi) is 6.39. The first-order valence-electron chi connectivity index (χ1n) is 7.06. The van der Waals surface area contributed by atoms with Crippen LogP contribution in [-0.2, 0) is 11.2 Å². The second kappa shape index (κ2) is 8.29. The average Bonchev–Trinajstić information content (AvgIpc) is 2.99. The number of carbonyl (C=O) groups is 1. The maximum absolute atomic E-state index is 10.7. The molecule has 0 saturated carbocycles. The van der Waals surface area contributed by atoms with Crippen molar-refractivity contribution in [3.63, 3.8) is 0 Å². The van der Waals surface area contributed by atoms with Gasteiger partial charge in [-0.2, -0.15) is 0 Å². The molecule has 0 bridgehead atoms. The summed E-state index contributed by atoms with van der Waals surface area (Å²) in [7, 11) is 0. The molecule has 0 radical (unpaired) electrons. The number of aryl methyl sites for hydroxylation is 1. The molecule has 0 unspecified atom stereocenters. The number of carboxylic acids is 1. The van der Waals surface area contributed by atoms with E-state index in [1.807, 2.05) is 60.7 Å². The zero-order valence-corrected chi connectivity index (χ0v) is 14.8. The molecular weight excluding hydrogens is 318 g/mol. The molecule has 0 aliphatic heterocycles. The number of hydrogen-bond donors (Lipinski definition) is 1. The van der Waals surface area contributed by atoms with Crippen molar-refractivity contribution in [3.05, 3.63) is 66.6 Å². The van der Waals surface area contributed by atoms with Gasteiger partial charge in [-0.05, 0) is 0 Å². The minimum Gasteiger partial charge on any atom is -0.481 e. The van der Waals surface area contributed by atoms with Crippen LogP contribution in [0.15, 0.2) is 65.1 Å². The van der Waals surface area contributed by atoms with Crippen LogP contribution in [0.4, 0.5) is 0 Å². The van der Waals surface area contributed by atoms with Gasteiger partial charge < -0.3 is 9.52 Å². The molecule has 1 aromatic heterocycles. The molecule has 0 amide bonds. The third-order valence-corrected chi connectivity index (χ3v) is 3.31. The van der Waals surface area contributed by atoms with Crippen LogP contribution in [0.2, 0.25) is 0 Å². The smallest absolute Gasteiger partial charge is 0.481 e. The Morgan fingerprint density at radius 2 is 1.52 bits per heavy atom. The minimum atomic E-state index is -0.860. The van der Waals surface area contributed by atoms with Crippen molar-refractivity contribution < 1.29 is 14.3 Å². The molecule has 110 valence electrons. The summed E-state index contributed by atoms with van der Waals surface area (Å²) in [6.07, 6.45) is 0.283. The van der Waals surface area contributed by atoms with Crippen LogP contribution in [0.5, 0.6) is 0 Å². The van der Waals surface area contributed by atoms with Gasteiger partial charge in [0.15, 0.2) is 11.7 Å². The van der Waals surface area contributed by atoms with Crippen molar-refractivity contribution in [2.45, 2.75) is 12.8 Å². The van der Waals surface area contributed by atoms with Gasteiger partial charge in [-0.15, -0.1) is 0 Å². The number of nitrogens with zero attached hydrogens (tertiary/aromatic N) is 1. The standard InChI is InChI=1S/C18H15NO3.Ca/c20-16(21)12-11-15-19-17(13-7-3-1-4-8-13)18(22-15)14-9-5-2-6-10-14;/h1-10H,11-12H2,(H,20,21);/q;+2. The fourth-order valence-electron chi connectivity index (χ4n) is 2.26. The first-order valence-corrected chi connectivity index (χ1v) is 7.06. The SMILES string of the molecule is O=C(O)CCc1nc(-c2ccccc2)c(-c2ccccc2)o1.[Ca+2]. The van der Waals surface area contributed by atoms with Crippen LogP contribution in [0.1, 0.15) is 12.3 Å². The van der Waals surface area contributed by atoms with E-state index in [1.54, 1.807) is 0 Å². The van der Waals surface area contributed by atoms with Crippen molar-refractivity contribution in [2.75, 3.05) is 0 Å². The number of oxazole rings is 1. The van der Waals surface area contributed by atoms with E-state index in [1.165, 1.54) is 0 Å². The number of aliphatic carboxylic acids is 1. The zero-order valence-electron chi connectivity index (χ0n) is 12.6. The molecule has 2 aromatic carbocycles. The normalized spacial score (nSPS) is 10.1. The first kappa shape index (κ1) is 17.7. The molecule has 0 aliphatic rings. The molecule has 1 N–H and O–H groups in total. The second-order valence-corrected chi connectivity index (χ2v) is 4.91. The molecule has 0 atom stereocenters. The van der Waals surface area contributed by atoms with Gasteiger partial charge in [-0.3, -0.25) is 4.79 Å². The van der Waals surface area contributed by atoms with Crippen molar-refractivity contribution in [1.82, 2.24) is 4.98 Å². The summed E-state index contributed by atoms with van der Waals surface area (Å²) in [5.74, 6) is 0.257. The first-order chi connectivity index (χ1) is 10.7. The van der Waals surface area contributed by atoms with E-state index in [0.717, 1.165) is 16.8 Å². The quantitative estimate of drug-likeness (QED) is 0.724. The molecule has 23 heavy (non-hydrogen) atoms. The average molecular weight is 333 g/mol. The van der Waals surface area contributed by atoms with Crippen LogP contribution in [0.3, 0.4) is 0 Å². The molecular formula is C18H15CaNO3+2. The summed E-state index contributed by atoms with van der Waals surface area (Å²) in [5.41, 5.74) is 2.62. The Balaban J connectivity index is 0.00000192. The number of rotatable bonds is 5. The third-order valence-electron chi connectivity index (χ3n) is 3.31. The Morgan fingerprint density at radius 1 is 0.957 bits per heavy atom. The summed E-state index contributed by atoms with van der Waals surface area (Å²) in [5, 5.41) is 8.82. The zero-order chi connectivity index (χ0) is 15.4. The van der Waals surface area contributed by atoms with Crippen LogP contribution < -0.4 is 0 Å². The van der Waals surface area contributed by atoms with Gasteiger partial charge in [0.25, 0.3) is 0 Å². The van der Waals surface area contributed by atoms with E-state index >= 15 is 0 Å². The van der Waals surface area contributed by atoms with E-state index < -0.39 is 5.97 Å². The molecule has 0 fully saturated rings. The van der Waals surface area contributed by atoms with Gasteiger partial charge in [0.1, 0.15) is 5.69 Å². The number of hydrogen-bond acceptors (Lipinski definition) is 3. The van der Waals surface area contributed by atoms with E-state index in [9.17, 15) is 4.79 Å². The van der Waals surface area contributed by atoms with Crippen LogP contribution in [0.25, 0.3) is 22.6 Å². The van der Waals surface area contributed by atoms with Gasteiger partial charge >= 0.3 is 43.7 Å². The monoisotopic (exact) mass is 333 g/mol. The summed E-state index contributed by atoms with van der Waals surface area (Å²) < 4.78 is 5.83. The van der Waals surface area contributed by atoms with Crippen LogP contribution >= 0.6 is 0 Å². The van der Waals surface area contributed by atoms with Gasteiger partial charge in [-0.25, -0.2) is 4.98 Å².